The molecule has 1 heterocycles. The molecule has 5 heteroatoms. The Kier molecular flexibility index (Phi) is 3.94. The summed E-state index contributed by atoms with van der Waals surface area (Å²) >= 11 is 0. The van der Waals surface area contributed by atoms with Crippen LogP contribution >= 0.6 is 0 Å². The number of alkyl halides is 3. The van der Waals surface area contributed by atoms with Gasteiger partial charge in [-0.05, 0) is 29.8 Å². The predicted octanol–water partition coefficient (Wildman–Crippen LogP) is 4.45. The van der Waals surface area contributed by atoms with Gasteiger partial charge >= 0.3 is 6.18 Å². The van der Waals surface area contributed by atoms with E-state index in [9.17, 15) is 18.0 Å². The van der Waals surface area contributed by atoms with E-state index in [2.05, 4.69) is 0 Å². The Hall–Kier alpha value is -2.56. The van der Waals surface area contributed by atoms with E-state index < -0.39 is 12.3 Å². The van der Waals surface area contributed by atoms with E-state index in [1.807, 2.05) is 30.3 Å². The Labute approximate surface area is 131 Å². The van der Waals surface area contributed by atoms with Crippen LogP contribution in [-0.2, 0) is 6.42 Å². The number of rotatable bonds is 3. The number of benzene rings is 2. The SMILES string of the molecule is O=C(Cc1ccccc1)c1ccc2c(c1)C=CC(C(F)(F)F)O2. The van der Waals surface area contributed by atoms with Crippen LogP contribution in [0.4, 0.5) is 13.2 Å². The van der Waals surface area contributed by atoms with Gasteiger partial charge in [0.15, 0.2) is 5.78 Å². The van der Waals surface area contributed by atoms with E-state index in [1.165, 1.54) is 18.2 Å². The summed E-state index contributed by atoms with van der Waals surface area (Å²) < 4.78 is 42.9. The van der Waals surface area contributed by atoms with Crippen LogP contribution in [-0.4, -0.2) is 18.1 Å². The van der Waals surface area contributed by atoms with Crippen LogP contribution in [0.2, 0.25) is 0 Å². The third-order valence-corrected chi connectivity index (χ3v) is 3.57. The summed E-state index contributed by atoms with van der Waals surface area (Å²) in [4.78, 5) is 12.3. The minimum absolute atomic E-state index is 0.0923. The third kappa shape index (κ3) is 3.44. The molecule has 2 aromatic rings. The van der Waals surface area contributed by atoms with Gasteiger partial charge in [-0.25, -0.2) is 0 Å². The highest BCUT2D eigenvalue weighted by Crippen LogP contribution is 2.33. The highest BCUT2D eigenvalue weighted by Gasteiger charge is 2.41. The van der Waals surface area contributed by atoms with E-state index in [4.69, 9.17) is 4.74 Å². The van der Waals surface area contributed by atoms with E-state index in [0.717, 1.165) is 11.6 Å². The van der Waals surface area contributed by atoms with Gasteiger partial charge in [0.05, 0.1) is 0 Å². The molecule has 0 aliphatic carbocycles. The zero-order valence-corrected chi connectivity index (χ0v) is 12.0. The molecule has 23 heavy (non-hydrogen) atoms. The summed E-state index contributed by atoms with van der Waals surface area (Å²) in [6, 6.07) is 13.7. The highest BCUT2D eigenvalue weighted by atomic mass is 19.4. The lowest BCUT2D eigenvalue weighted by Gasteiger charge is -2.23. The molecule has 0 saturated heterocycles. The lowest BCUT2D eigenvalue weighted by atomic mass is 9.99. The molecule has 1 unspecified atom stereocenters. The van der Waals surface area contributed by atoms with Gasteiger partial charge in [0.25, 0.3) is 0 Å². The fourth-order valence-electron chi connectivity index (χ4n) is 2.39. The van der Waals surface area contributed by atoms with Crippen molar-refractivity contribution in [3.05, 3.63) is 71.3 Å². The first-order chi connectivity index (χ1) is 10.9. The summed E-state index contributed by atoms with van der Waals surface area (Å²) in [5, 5.41) is 0. The fourth-order valence-corrected chi connectivity index (χ4v) is 2.39. The molecule has 0 N–H and O–H groups in total. The van der Waals surface area contributed by atoms with Crippen molar-refractivity contribution in [2.45, 2.75) is 18.7 Å². The molecule has 2 aromatic carbocycles. The van der Waals surface area contributed by atoms with E-state index in [0.29, 0.717) is 11.1 Å². The van der Waals surface area contributed by atoms with Gasteiger partial charge in [0.2, 0.25) is 6.10 Å². The van der Waals surface area contributed by atoms with Crippen molar-refractivity contribution >= 4 is 11.9 Å². The van der Waals surface area contributed by atoms with Crippen LogP contribution in [0.3, 0.4) is 0 Å². The summed E-state index contributed by atoms with van der Waals surface area (Å²) in [6.45, 7) is 0. The lowest BCUT2D eigenvalue weighted by Crippen LogP contribution is -2.33. The zero-order valence-electron chi connectivity index (χ0n) is 12.0. The molecule has 0 bridgehead atoms. The Morgan fingerprint density at radius 2 is 1.83 bits per heavy atom. The molecule has 1 aliphatic heterocycles. The average molecular weight is 318 g/mol. The van der Waals surface area contributed by atoms with Gasteiger partial charge < -0.3 is 4.74 Å². The molecule has 2 nitrogen and oxygen atoms in total. The lowest BCUT2D eigenvalue weighted by molar-refractivity contribution is -0.180. The first-order valence-electron chi connectivity index (χ1n) is 7.06. The number of halogens is 3. The van der Waals surface area contributed by atoms with E-state index in [-0.39, 0.29) is 18.0 Å². The normalized spacial score (nSPS) is 16.6. The number of hydrogen-bond donors (Lipinski definition) is 0. The van der Waals surface area contributed by atoms with Gasteiger partial charge in [-0.15, -0.1) is 0 Å². The van der Waals surface area contributed by atoms with Gasteiger partial charge in [0, 0.05) is 17.5 Å². The Balaban J connectivity index is 1.79. The van der Waals surface area contributed by atoms with E-state index in [1.54, 1.807) is 6.07 Å². The topological polar surface area (TPSA) is 26.3 Å². The number of ketones is 1. The Bertz CT molecular complexity index is 749. The molecule has 1 atom stereocenters. The number of Topliss-reactive ketones (excluding diaryl/α,β-unsaturated/α-hetero) is 1. The van der Waals surface area contributed by atoms with E-state index >= 15 is 0 Å². The smallest absolute Gasteiger partial charge is 0.429 e. The maximum atomic E-state index is 12.7. The Morgan fingerprint density at radius 3 is 2.52 bits per heavy atom. The molecule has 0 saturated carbocycles. The van der Waals surface area contributed by atoms with Crippen molar-refractivity contribution in [1.29, 1.82) is 0 Å². The molecule has 0 fully saturated rings. The van der Waals surface area contributed by atoms with Crippen LogP contribution in [0.25, 0.3) is 6.08 Å². The zero-order chi connectivity index (χ0) is 16.4. The third-order valence-electron chi connectivity index (χ3n) is 3.57. The van der Waals surface area contributed by atoms with Crippen molar-refractivity contribution in [3.8, 4) is 5.75 Å². The van der Waals surface area contributed by atoms with Crippen LogP contribution in [0.15, 0.2) is 54.6 Å². The summed E-state index contributed by atoms with van der Waals surface area (Å²) in [7, 11) is 0. The quantitative estimate of drug-likeness (QED) is 0.782. The number of fused-ring (bicyclic) bond motifs is 1. The van der Waals surface area contributed by atoms with Crippen molar-refractivity contribution in [1.82, 2.24) is 0 Å². The second kappa shape index (κ2) is 5.91. The number of hydrogen-bond acceptors (Lipinski definition) is 2. The minimum Gasteiger partial charge on any atom is -0.476 e. The van der Waals surface area contributed by atoms with Gasteiger partial charge in [0.1, 0.15) is 5.75 Å². The minimum atomic E-state index is -4.45. The summed E-state index contributed by atoms with van der Waals surface area (Å²) in [6.07, 6.45) is -3.85. The molecule has 0 aromatic heterocycles. The van der Waals surface area contributed by atoms with Crippen LogP contribution in [0, 0.1) is 0 Å². The van der Waals surface area contributed by atoms with Crippen LogP contribution in [0.1, 0.15) is 21.5 Å². The molecule has 0 spiro atoms. The second-order valence-electron chi connectivity index (χ2n) is 5.28. The van der Waals surface area contributed by atoms with Crippen LogP contribution < -0.4 is 4.74 Å². The first kappa shape index (κ1) is 15.3. The van der Waals surface area contributed by atoms with Crippen molar-refractivity contribution in [3.63, 3.8) is 0 Å². The first-order valence-corrected chi connectivity index (χ1v) is 7.06. The molecular formula is C18H13F3O2. The highest BCUT2D eigenvalue weighted by molar-refractivity contribution is 5.98. The molecule has 3 rings (SSSR count). The standard InChI is InChI=1S/C18H13F3O2/c19-18(20,21)17-9-7-14-11-13(6-8-16(14)23-17)15(22)10-12-4-2-1-3-5-12/h1-9,11,17H,10H2. The summed E-state index contributed by atoms with van der Waals surface area (Å²) in [5.74, 6) is 0.0384. The number of carbonyl (C=O) groups excluding carboxylic acids is 1. The number of ether oxygens (including phenoxy) is 1. The van der Waals surface area contributed by atoms with Crippen molar-refractivity contribution in [2.75, 3.05) is 0 Å². The maximum Gasteiger partial charge on any atom is 0.429 e. The monoisotopic (exact) mass is 318 g/mol. The molecular weight excluding hydrogens is 305 g/mol. The van der Waals surface area contributed by atoms with Crippen LogP contribution in [0.5, 0.6) is 5.75 Å². The molecule has 0 amide bonds. The average Bonchev–Trinajstić information content (AvgIpc) is 2.54. The number of carbonyl (C=O) groups is 1. The molecule has 1 aliphatic rings. The van der Waals surface area contributed by atoms with Crippen molar-refractivity contribution < 1.29 is 22.7 Å². The molecule has 0 radical (unpaired) electrons. The van der Waals surface area contributed by atoms with Gasteiger partial charge in [-0.3, -0.25) is 4.79 Å². The Morgan fingerprint density at radius 1 is 1.09 bits per heavy atom. The molecule has 118 valence electrons. The second-order valence-corrected chi connectivity index (χ2v) is 5.28. The maximum absolute atomic E-state index is 12.7. The summed E-state index contributed by atoms with van der Waals surface area (Å²) in [5.41, 5.74) is 1.81. The fraction of sp³-hybridized carbons (Fsp3) is 0.167. The van der Waals surface area contributed by atoms with Gasteiger partial charge in [-0.2, -0.15) is 13.2 Å². The largest absolute Gasteiger partial charge is 0.476 e. The van der Waals surface area contributed by atoms with Crippen molar-refractivity contribution in [2.24, 2.45) is 0 Å². The van der Waals surface area contributed by atoms with Gasteiger partial charge in [-0.1, -0.05) is 36.4 Å². The predicted molar refractivity (Wildman–Crippen MR) is 80.4 cm³/mol.